The largest absolute Gasteiger partial charge is 0.395 e. The fraction of sp³-hybridized carbons (Fsp3) is 0.231. The van der Waals surface area contributed by atoms with Crippen molar-refractivity contribution < 1.29 is 4.79 Å². The lowest BCUT2D eigenvalue weighted by Crippen LogP contribution is -2.14. The maximum atomic E-state index is 12.2. The highest BCUT2D eigenvalue weighted by Gasteiger charge is 2.17. The van der Waals surface area contributed by atoms with Gasteiger partial charge in [-0.3, -0.25) is 9.89 Å². The van der Waals surface area contributed by atoms with E-state index in [1.807, 2.05) is 6.92 Å². The molecule has 0 aliphatic heterocycles. The van der Waals surface area contributed by atoms with Gasteiger partial charge in [0.25, 0.3) is 5.91 Å². The Kier molecular flexibility index (Phi) is 4.67. The summed E-state index contributed by atoms with van der Waals surface area (Å²) in [4.78, 5) is 12.2. The molecule has 106 valence electrons. The molecule has 1 amide bonds. The van der Waals surface area contributed by atoms with Gasteiger partial charge in [0.15, 0.2) is 5.69 Å². The van der Waals surface area contributed by atoms with E-state index < -0.39 is 0 Å². The third kappa shape index (κ3) is 3.13. The maximum Gasteiger partial charge on any atom is 0.278 e. The first-order valence-electron chi connectivity index (χ1n) is 6.12. The minimum Gasteiger partial charge on any atom is -0.395 e. The Labute approximate surface area is 130 Å². The predicted octanol–water partition coefficient (Wildman–Crippen LogP) is 3.61. The van der Waals surface area contributed by atoms with Crippen molar-refractivity contribution in [3.05, 3.63) is 39.1 Å². The quantitative estimate of drug-likeness (QED) is 0.781. The molecule has 5 nitrogen and oxygen atoms in total. The van der Waals surface area contributed by atoms with Crippen molar-refractivity contribution in [2.45, 2.75) is 19.8 Å². The Bertz CT molecular complexity index is 641. The van der Waals surface area contributed by atoms with Gasteiger partial charge in [-0.05, 0) is 40.5 Å². The number of aryl methyl sites for hydroxylation is 1. The van der Waals surface area contributed by atoms with E-state index in [1.165, 1.54) is 0 Å². The summed E-state index contributed by atoms with van der Waals surface area (Å²) in [6.07, 6.45) is 1.69. The van der Waals surface area contributed by atoms with Crippen LogP contribution in [0, 0.1) is 0 Å². The molecule has 20 heavy (non-hydrogen) atoms. The Morgan fingerprint density at radius 1 is 1.55 bits per heavy atom. The summed E-state index contributed by atoms with van der Waals surface area (Å²) in [5.74, 6) is -0.357. The highest BCUT2D eigenvalue weighted by Crippen LogP contribution is 2.27. The van der Waals surface area contributed by atoms with E-state index in [4.69, 9.17) is 17.3 Å². The molecule has 0 atom stereocenters. The molecule has 0 aliphatic carbocycles. The smallest absolute Gasteiger partial charge is 0.278 e. The molecule has 0 radical (unpaired) electrons. The molecular formula is C13H14BrClN4O. The van der Waals surface area contributed by atoms with Gasteiger partial charge in [0.2, 0.25) is 0 Å². The number of aromatic amines is 1. The number of hydrogen-bond donors (Lipinski definition) is 3. The number of aromatic nitrogens is 2. The van der Waals surface area contributed by atoms with Gasteiger partial charge in [-0.25, -0.2) is 0 Å². The lowest BCUT2D eigenvalue weighted by Gasteiger charge is -2.06. The van der Waals surface area contributed by atoms with Crippen molar-refractivity contribution >= 4 is 44.8 Å². The number of halogens is 2. The lowest BCUT2D eigenvalue weighted by molar-refractivity contribution is 0.102. The Morgan fingerprint density at radius 2 is 2.30 bits per heavy atom. The van der Waals surface area contributed by atoms with E-state index in [0.717, 1.165) is 18.5 Å². The zero-order valence-corrected chi connectivity index (χ0v) is 13.2. The van der Waals surface area contributed by atoms with Crippen LogP contribution in [0.15, 0.2) is 22.7 Å². The zero-order valence-electron chi connectivity index (χ0n) is 10.8. The Morgan fingerprint density at radius 3 is 2.95 bits per heavy atom. The molecule has 1 aromatic heterocycles. The van der Waals surface area contributed by atoms with Gasteiger partial charge in [-0.2, -0.15) is 5.10 Å². The number of benzene rings is 1. The van der Waals surface area contributed by atoms with E-state index in [2.05, 4.69) is 31.4 Å². The number of nitrogens with one attached hydrogen (secondary N) is 2. The van der Waals surface area contributed by atoms with Crippen LogP contribution in [-0.4, -0.2) is 16.1 Å². The van der Waals surface area contributed by atoms with Crippen LogP contribution in [0.3, 0.4) is 0 Å². The van der Waals surface area contributed by atoms with Gasteiger partial charge in [0.05, 0.1) is 17.1 Å². The summed E-state index contributed by atoms with van der Waals surface area (Å²) >= 11 is 9.19. The van der Waals surface area contributed by atoms with E-state index in [1.54, 1.807) is 18.2 Å². The molecule has 2 rings (SSSR count). The van der Waals surface area contributed by atoms with Crippen LogP contribution >= 0.6 is 27.5 Å². The lowest BCUT2D eigenvalue weighted by atomic mass is 10.2. The number of nitrogens with zero attached hydrogens (tertiary/aromatic N) is 1. The summed E-state index contributed by atoms with van der Waals surface area (Å²) in [5.41, 5.74) is 7.92. The number of amides is 1. The second kappa shape index (κ2) is 6.28. The standard InChI is InChI=1S/C13H14BrClN4O/c1-2-3-10-11(16)12(19-18-10)13(20)17-9-5-4-7(15)6-8(9)14/h4-6H,2-3,16H2,1H3,(H,17,20)(H,18,19). The predicted molar refractivity (Wildman–Crippen MR) is 84.1 cm³/mol. The van der Waals surface area contributed by atoms with Crippen LogP contribution in [0.5, 0.6) is 0 Å². The van der Waals surface area contributed by atoms with Crippen LogP contribution in [-0.2, 0) is 6.42 Å². The zero-order chi connectivity index (χ0) is 14.7. The number of nitrogens with two attached hydrogens (primary N) is 1. The van der Waals surface area contributed by atoms with Crippen molar-refractivity contribution in [1.29, 1.82) is 0 Å². The molecule has 1 heterocycles. The van der Waals surface area contributed by atoms with Gasteiger partial charge in [0.1, 0.15) is 0 Å². The van der Waals surface area contributed by atoms with Gasteiger partial charge in [0, 0.05) is 9.50 Å². The Hall–Kier alpha value is -1.53. The monoisotopic (exact) mass is 356 g/mol. The molecule has 0 unspecified atom stereocenters. The van der Waals surface area contributed by atoms with Crippen LogP contribution in [0.1, 0.15) is 29.5 Å². The van der Waals surface area contributed by atoms with E-state index in [-0.39, 0.29) is 11.6 Å². The Balaban J connectivity index is 2.20. The van der Waals surface area contributed by atoms with Crippen molar-refractivity contribution in [2.75, 3.05) is 11.1 Å². The van der Waals surface area contributed by atoms with E-state index >= 15 is 0 Å². The van der Waals surface area contributed by atoms with E-state index in [9.17, 15) is 4.79 Å². The second-order valence-electron chi connectivity index (χ2n) is 4.29. The van der Waals surface area contributed by atoms with Crippen LogP contribution in [0.4, 0.5) is 11.4 Å². The maximum absolute atomic E-state index is 12.2. The number of carbonyl (C=O) groups is 1. The summed E-state index contributed by atoms with van der Waals surface area (Å²) < 4.78 is 0.696. The third-order valence-corrected chi connectivity index (χ3v) is 3.67. The topological polar surface area (TPSA) is 83.8 Å². The number of rotatable bonds is 4. The first-order chi connectivity index (χ1) is 9.52. The summed E-state index contributed by atoms with van der Waals surface area (Å²) in [7, 11) is 0. The fourth-order valence-corrected chi connectivity index (χ4v) is 2.55. The molecule has 0 bridgehead atoms. The van der Waals surface area contributed by atoms with E-state index in [0.29, 0.717) is 20.9 Å². The molecular weight excluding hydrogens is 344 g/mol. The minimum absolute atomic E-state index is 0.204. The summed E-state index contributed by atoms with van der Waals surface area (Å²) in [5, 5.41) is 10.1. The average molecular weight is 358 g/mol. The average Bonchev–Trinajstić information content (AvgIpc) is 2.75. The van der Waals surface area contributed by atoms with Gasteiger partial charge in [-0.1, -0.05) is 24.9 Å². The van der Waals surface area contributed by atoms with Crippen LogP contribution in [0.2, 0.25) is 5.02 Å². The second-order valence-corrected chi connectivity index (χ2v) is 5.58. The number of hydrogen-bond acceptors (Lipinski definition) is 3. The first kappa shape index (κ1) is 14.9. The molecule has 7 heteroatoms. The number of H-pyrrole nitrogens is 1. The summed E-state index contributed by atoms with van der Waals surface area (Å²) in [6, 6.07) is 5.10. The molecule has 0 saturated carbocycles. The number of carbonyl (C=O) groups excluding carboxylic acids is 1. The fourth-order valence-electron chi connectivity index (χ4n) is 1.77. The molecule has 0 saturated heterocycles. The van der Waals surface area contributed by atoms with Gasteiger partial charge < -0.3 is 11.1 Å². The summed E-state index contributed by atoms with van der Waals surface area (Å²) in [6.45, 7) is 2.03. The molecule has 2 aromatic rings. The number of anilines is 2. The first-order valence-corrected chi connectivity index (χ1v) is 7.29. The highest BCUT2D eigenvalue weighted by atomic mass is 79.9. The normalized spacial score (nSPS) is 10.6. The highest BCUT2D eigenvalue weighted by molar-refractivity contribution is 9.10. The van der Waals surface area contributed by atoms with Crippen molar-refractivity contribution in [3.63, 3.8) is 0 Å². The van der Waals surface area contributed by atoms with Gasteiger partial charge >= 0.3 is 0 Å². The van der Waals surface area contributed by atoms with Crippen LogP contribution in [0.25, 0.3) is 0 Å². The molecule has 1 aromatic carbocycles. The minimum atomic E-state index is -0.357. The molecule has 0 fully saturated rings. The number of nitrogen functional groups attached to an aromatic ring is 1. The third-order valence-electron chi connectivity index (χ3n) is 2.78. The molecule has 0 spiro atoms. The van der Waals surface area contributed by atoms with Crippen molar-refractivity contribution in [1.82, 2.24) is 10.2 Å². The van der Waals surface area contributed by atoms with Gasteiger partial charge in [-0.15, -0.1) is 0 Å². The van der Waals surface area contributed by atoms with Crippen LogP contribution < -0.4 is 11.1 Å². The molecule has 4 N–H and O–H groups in total. The van der Waals surface area contributed by atoms with Crippen molar-refractivity contribution in [2.24, 2.45) is 0 Å². The molecule has 0 aliphatic rings. The SMILES string of the molecule is CCCc1[nH]nc(C(=O)Nc2ccc(Cl)cc2Br)c1N. The van der Waals surface area contributed by atoms with Crippen molar-refractivity contribution in [3.8, 4) is 0 Å².